The van der Waals surface area contributed by atoms with Gasteiger partial charge in [0.05, 0.1) is 18.5 Å². The SMILES string of the molecule is COc1ccc(CNC(=O)[C@]2(C)Cn3nc(-c4cccs4)cc3C(=O)N2c2ccc(C)c(C)c2)cc1. The van der Waals surface area contributed by atoms with E-state index < -0.39 is 5.54 Å². The fourth-order valence-electron chi connectivity index (χ4n) is 4.51. The number of fused-ring (bicyclic) bond motifs is 1. The van der Waals surface area contributed by atoms with Crippen LogP contribution in [0, 0.1) is 13.8 Å². The first-order valence-electron chi connectivity index (χ1n) is 11.7. The van der Waals surface area contributed by atoms with E-state index in [0.29, 0.717) is 17.9 Å². The van der Waals surface area contributed by atoms with Crippen molar-refractivity contribution in [2.45, 2.75) is 39.4 Å². The maximum atomic E-state index is 13.9. The molecule has 2 amide bonds. The van der Waals surface area contributed by atoms with E-state index in [-0.39, 0.29) is 18.4 Å². The summed E-state index contributed by atoms with van der Waals surface area (Å²) in [4.78, 5) is 30.3. The Labute approximate surface area is 214 Å². The van der Waals surface area contributed by atoms with E-state index in [9.17, 15) is 9.59 Å². The highest BCUT2D eigenvalue weighted by Crippen LogP contribution is 2.35. The van der Waals surface area contributed by atoms with E-state index in [0.717, 1.165) is 33.0 Å². The molecule has 1 aliphatic heterocycles. The second-order valence-corrected chi connectivity index (χ2v) is 10.2. The molecule has 3 heterocycles. The van der Waals surface area contributed by atoms with Crippen molar-refractivity contribution >= 4 is 28.8 Å². The zero-order valence-electron chi connectivity index (χ0n) is 20.7. The summed E-state index contributed by atoms with van der Waals surface area (Å²) in [6.07, 6.45) is 0. The molecule has 1 atom stereocenters. The molecule has 0 saturated heterocycles. The predicted molar refractivity (Wildman–Crippen MR) is 142 cm³/mol. The van der Waals surface area contributed by atoms with E-state index in [1.54, 1.807) is 35.0 Å². The first kappa shape index (κ1) is 23.8. The van der Waals surface area contributed by atoms with Crippen LogP contribution in [-0.2, 0) is 17.9 Å². The van der Waals surface area contributed by atoms with E-state index in [4.69, 9.17) is 9.84 Å². The van der Waals surface area contributed by atoms with E-state index >= 15 is 0 Å². The maximum Gasteiger partial charge on any atom is 0.277 e. The summed E-state index contributed by atoms with van der Waals surface area (Å²) in [5.74, 6) is 0.259. The molecule has 0 aliphatic carbocycles. The van der Waals surface area contributed by atoms with Crippen molar-refractivity contribution < 1.29 is 14.3 Å². The van der Waals surface area contributed by atoms with Gasteiger partial charge in [0.15, 0.2) is 0 Å². The van der Waals surface area contributed by atoms with Crippen molar-refractivity contribution in [1.82, 2.24) is 15.1 Å². The van der Waals surface area contributed by atoms with Gasteiger partial charge >= 0.3 is 0 Å². The van der Waals surface area contributed by atoms with Crippen molar-refractivity contribution in [3.05, 3.63) is 88.4 Å². The van der Waals surface area contributed by atoms with Gasteiger partial charge in [-0.05, 0) is 79.2 Å². The Kier molecular flexibility index (Phi) is 6.14. The van der Waals surface area contributed by atoms with Gasteiger partial charge < -0.3 is 10.1 Å². The Balaban J connectivity index is 1.52. The van der Waals surface area contributed by atoms with Crippen LogP contribution in [0.2, 0.25) is 0 Å². The minimum Gasteiger partial charge on any atom is -0.497 e. The summed E-state index contributed by atoms with van der Waals surface area (Å²) in [6.45, 7) is 6.41. The van der Waals surface area contributed by atoms with Crippen molar-refractivity contribution in [2.75, 3.05) is 12.0 Å². The Hall–Kier alpha value is -3.91. The molecular formula is C28H28N4O3S. The number of thiophene rings is 1. The van der Waals surface area contributed by atoms with Crippen LogP contribution in [0.3, 0.4) is 0 Å². The van der Waals surface area contributed by atoms with Crippen LogP contribution < -0.4 is 15.0 Å². The molecule has 36 heavy (non-hydrogen) atoms. The van der Waals surface area contributed by atoms with Crippen LogP contribution in [0.15, 0.2) is 66.0 Å². The number of hydrogen-bond donors (Lipinski definition) is 1. The van der Waals surface area contributed by atoms with Crippen LogP contribution in [0.1, 0.15) is 34.1 Å². The van der Waals surface area contributed by atoms with Gasteiger partial charge in [0.25, 0.3) is 5.91 Å². The highest BCUT2D eigenvalue weighted by Gasteiger charge is 2.49. The molecule has 2 aromatic carbocycles. The lowest BCUT2D eigenvalue weighted by atomic mass is 9.93. The minimum absolute atomic E-state index is 0.237. The summed E-state index contributed by atoms with van der Waals surface area (Å²) in [5, 5.41) is 9.73. The zero-order valence-corrected chi connectivity index (χ0v) is 21.6. The molecule has 0 spiro atoms. The second kappa shape index (κ2) is 9.28. The smallest absolute Gasteiger partial charge is 0.277 e. The predicted octanol–water partition coefficient (Wildman–Crippen LogP) is 4.97. The largest absolute Gasteiger partial charge is 0.497 e. The molecule has 2 aromatic heterocycles. The minimum atomic E-state index is -1.18. The van der Waals surface area contributed by atoms with Crippen LogP contribution in [-0.4, -0.2) is 34.2 Å². The third-order valence-corrected chi connectivity index (χ3v) is 7.67. The maximum absolute atomic E-state index is 13.9. The number of anilines is 1. The molecule has 0 radical (unpaired) electrons. The fourth-order valence-corrected chi connectivity index (χ4v) is 5.19. The topological polar surface area (TPSA) is 76.5 Å². The number of ether oxygens (including phenoxy) is 1. The van der Waals surface area contributed by atoms with E-state index in [1.165, 1.54) is 0 Å². The Morgan fingerprint density at radius 3 is 2.56 bits per heavy atom. The normalized spacial score (nSPS) is 17.1. The lowest BCUT2D eigenvalue weighted by Gasteiger charge is -2.43. The average molecular weight is 501 g/mol. The number of nitrogens with one attached hydrogen (secondary N) is 1. The van der Waals surface area contributed by atoms with Gasteiger partial charge in [-0.15, -0.1) is 11.3 Å². The third-order valence-electron chi connectivity index (χ3n) is 6.78. The van der Waals surface area contributed by atoms with Gasteiger partial charge in [-0.1, -0.05) is 24.3 Å². The number of rotatable bonds is 6. The summed E-state index contributed by atoms with van der Waals surface area (Å²) < 4.78 is 6.89. The van der Waals surface area contributed by atoms with Crippen LogP contribution in [0.4, 0.5) is 5.69 Å². The van der Waals surface area contributed by atoms with Gasteiger partial charge in [-0.2, -0.15) is 5.10 Å². The lowest BCUT2D eigenvalue weighted by Crippen LogP contribution is -2.64. The Morgan fingerprint density at radius 1 is 1.11 bits per heavy atom. The number of carbonyl (C=O) groups is 2. The number of amides is 2. The molecule has 0 saturated carbocycles. The number of carbonyl (C=O) groups excluding carboxylic acids is 2. The van der Waals surface area contributed by atoms with Crippen LogP contribution in [0.25, 0.3) is 10.6 Å². The summed E-state index contributed by atoms with van der Waals surface area (Å²) in [6, 6.07) is 19.1. The highest BCUT2D eigenvalue weighted by molar-refractivity contribution is 7.13. The standard InChI is InChI=1S/C28H28N4O3S/c1-18-7-10-21(14-19(18)2)32-26(33)24-15-23(25-6-5-13-36-25)30-31(24)17-28(32,3)27(34)29-16-20-8-11-22(35-4)12-9-20/h5-15H,16-17H2,1-4H3,(H,29,34)/t28-/m0/s1. The van der Waals surface area contributed by atoms with E-state index in [1.807, 2.05) is 79.9 Å². The number of hydrogen-bond acceptors (Lipinski definition) is 5. The first-order chi connectivity index (χ1) is 17.3. The quantitative estimate of drug-likeness (QED) is 0.405. The van der Waals surface area contributed by atoms with Crippen LogP contribution in [0.5, 0.6) is 5.75 Å². The van der Waals surface area contributed by atoms with Gasteiger partial charge in [0.1, 0.15) is 22.7 Å². The van der Waals surface area contributed by atoms with Gasteiger partial charge in [-0.25, -0.2) is 0 Å². The molecule has 1 aliphatic rings. The first-order valence-corrected chi connectivity index (χ1v) is 12.6. The molecule has 0 unspecified atom stereocenters. The highest BCUT2D eigenvalue weighted by atomic mass is 32.1. The number of benzene rings is 2. The molecule has 184 valence electrons. The summed E-state index contributed by atoms with van der Waals surface area (Å²) >= 11 is 1.57. The number of aryl methyl sites for hydroxylation is 2. The Morgan fingerprint density at radius 2 is 1.89 bits per heavy atom. The molecule has 8 heteroatoms. The Bertz CT molecular complexity index is 1430. The van der Waals surface area contributed by atoms with Crippen molar-refractivity contribution in [3.63, 3.8) is 0 Å². The molecule has 4 aromatic rings. The second-order valence-electron chi connectivity index (χ2n) is 9.26. The van der Waals surface area contributed by atoms with Crippen LogP contribution >= 0.6 is 11.3 Å². The van der Waals surface area contributed by atoms with Crippen molar-refractivity contribution in [3.8, 4) is 16.3 Å². The summed E-state index contributed by atoms with van der Waals surface area (Å²) in [5.41, 5.74) is 3.83. The number of methoxy groups -OCH3 is 1. The molecule has 1 N–H and O–H groups in total. The van der Waals surface area contributed by atoms with Gasteiger partial charge in [0, 0.05) is 12.2 Å². The molecule has 5 rings (SSSR count). The van der Waals surface area contributed by atoms with Crippen molar-refractivity contribution in [2.24, 2.45) is 0 Å². The molecule has 0 fully saturated rings. The number of nitrogens with zero attached hydrogens (tertiary/aromatic N) is 3. The zero-order chi connectivity index (χ0) is 25.4. The lowest BCUT2D eigenvalue weighted by molar-refractivity contribution is -0.126. The van der Waals surface area contributed by atoms with Crippen molar-refractivity contribution in [1.29, 1.82) is 0 Å². The van der Waals surface area contributed by atoms with E-state index in [2.05, 4.69) is 5.32 Å². The average Bonchev–Trinajstić information content (AvgIpc) is 3.55. The summed E-state index contributed by atoms with van der Waals surface area (Å²) in [7, 11) is 1.62. The fraction of sp³-hybridized carbons (Fsp3) is 0.250. The molecule has 7 nitrogen and oxygen atoms in total. The van der Waals surface area contributed by atoms with Gasteiger partial charge in [-0.3, -0.25) is 19.2 Å². The monoisotopic (exact) mass is 500 g/mol. The number of aromatic nitrogens is 2. The third kappa shape index (κ3) is 4.18. The van der Waals surface area contributed by atoms with Gasteiger partial charge in [0.2, 0.25) is 5.91 Å². The molecular weight excluding hydrogens is 472 g/mol. The molecule has 0 bridgehead atoms.